The molecule has 1 N–H and O–H groups in total. The highest BCUT2D eigenvalue weighted by Gasteiger charge is 2.52. The first-order chi connectivity index (χ1) is 13.0. The number of hydrogen-bond acceptors (Lipinski definition) is 3. The van der Waals surface area contributed by atoms with Gasteiger partial charge in [-0.3, -0.25) is 4.79 Å². The Morgan fingerprint density at radius 2 is 2.07 bits per heavy atom. The van der Waals surface area contributed by atoms with E-state index >= 15 is 0 Å². The van der Waals surface area contributed by atoms with Gasteiger partial charge in [0.25, 0.3) is 0 Å². The number of amides is 1. The molecule has 2 saturated heterocycles. The van der Waals surface area contributed by atoms with E-state index in [4.69, 9.17) is 4.74 Å². The quantitative estimate of drug-likeness (QED) is 0.888. The summed E-state index contributed by atoms with van der Waals surface area (Å²) in [5, 5.41) is 3.58. The standard InChI is InChI=1S/C23H34N2O2/c1-22(2,27-3)20-12-6-7-14-25(20)21(26)19-15-24-16-23(19)13-8-10-17-9-4-5-11-18(17)23/h4-5,9,11,19-20,24H,6-8,10,12-16H2,1-3H3. The molecule has 0 bridgehead atoms. The van der Waals surface area contributed by atoms with E-state index in [2.05, 4.69) is 48.3 Å². The van der Waals surface area contributed by atoms with Gasteiger partial charge in [0, 0.05) is 32.2 Å². The summed E-state index contributed by atoms with van der Waals surface area (Å²) in [6.45, 7) is 6.84. The molecule has 27 heavy (non-hydrogen) atoms. The Morgan fingerprint density at radius 1 is 1.26 bits per heavy atom. The average molecular weight is 371 g/mol. The summed E-state index contributed by atoms with van der Waals surface area (Å²) in [6.07, 6.45) is 6.75. The molecule has 3 atom stereocenters. The predicted octanol–water partition coefficient (Wildman–Crippen LogP) is 3.29. The fraction of sp³-hybridized carbons (Fsp3) is 0.696. The van der Waals surface area contributed by atoms with Gasteiger partial charge in [0.1, 0.15) is 0 Å². The number of ether oxygens (including phenoxy) is 1. The summed E-state index contributed by atoms with van der Waals surface area (Å²) in [6, 6.07) is 8.98. The second kappa shape index (κ2) is 7.21. The van der Waals surface area contributed by atoms with Crippen LogP contribution in [0.25, 0.3) is 0 Å². The minimum absolute atomic E-state index is 0.0345. The molecule has 2 fully saturated rings. The monoisotopic (exact) mass is 370 g/mol. The highest BCUT2D eigenvalue weighted by Crippen LogP contribution is 2.46. The number of carbonyl (C=O) groups excluding carboxylic acids is 1. The normalized spacial score (nSPS) is 31.1. The van der Waals surface area contributed by atoms with Crippen LogP contribution >= 0.6 is 0 Å². The van der Waals surface area contributed by atoms with Gasteiger partial charge in [0.05, 0.1) is 17.6 Å². The van der Waals surface area contributed by atoms with Gasteiger partial charge >= 0.3 is 0 Å². The first kappa shape index (κ1) is 18.9. The SMILES string of the molecule is COC(C)(C)C1CCCCN1C(=O)C1CNCC12CCCc1ccccc12. The topological polar surface area (TPSA) is 41.6 Å². The summed E-state index contributed by atoms with van der Waals surface area (Å²) in [5.41, 5.74) is 2.52. The van der Waals surface area contributed by atoms with Crippen molar-refractivity contribution in [3.05, 3.63) is 35.4 Å². The number of hydrogen-bond donors (Lipinski definition) is 1. The van der Waals surface area contributed by atoms with Gasteiger partial charge in [-0.2, -0.15) is 0 Å². The summed E-state index contributed by atoms with van der Waals surface area (Å²) >= 11 is 0. The maximum Gasteiger partial charge on any atom is 0.228 e. The third-order valence-electron chi connectivity index (χ3n) is 7.49. The number of nitrogens with zero attached hydrogens (tertiary/aromatic N) is 1. The molecule has 0 aromatic heterocycles. The largest absolute Gasteiger partial charge is 0.377 e. The number of nitrogens with one attached hydrogen (secondary N) is 1. The zero-order chi connectivity index (χ0) is 19.1. The molecule has 1 aliphatic carbocycles. The third-order valence-corrected chi connectivity index (χ3v) is 7.49. The predicted molar refractivity (Wildman–Crippen MR) is 108 cm³/mol. The van der Waals surface area contributed by atoms with Crippen molar-refractivity contribution in [2.75, 3.05) is 26.7 Å². The van der Waals surface area contributed by atoms with Crippen molar-refractivity contribution in [1.82, 2.24) is 10.2 Å². The van der Waals surface area contributed by atoms with E-state index in [1.54, 1.807) is 7.11 Å². The number of methoxy groups -OCH3 is 1. The van der Waals surface area contributed by atoms with Crippen LogP contribution in [0.5, 0.6) is 0 Å². The smallest absolute Gasteiger partial charge is 0.228 e. The van der Waals surface area contributed by atoms with Crippen LogP contribution in [-0.4, -0.2) is 49.2 Å². The first-order valence-corrected chi connectivity index (χ1v) is 10.6. The van der Waals surface area contributed by atoms with Crippen molar-refractivity contribution in [3.8, 4) is 0 Å². The minimum Gasteiger partial charge on any atom is -0.377 e. The number of rotatable bonds is 3. The van der Waals surface area contributed by atoms with E-state index in [9.17, 15) is 4.79 Å². The lowest BCUT2D eigenvalue weighted by Gasteiger charge is -2.47. The molecule has 1 aromatic carbocycles. The lowest BCUT2D eigenvalue weighted by atomic mass is 9.64. The van der Waals surface area contributed by atoms with Crippen LogP contribution in [0.3, 0.4) is 0 Å². The van der Waals surface area contributed by atoms with E-state index < -0.39 is 0 Å². The summed E-state index contributed by atoms with van der Waals surface area (Å²) < 4.78 is 5.80. The number of carbonyl (C=O) groups is 1. The molecule has 4 nitrogen and oxygen atoms in total. The second-order valence-electron chi connectivity index (χ2n) is 9.20. The molecule has 3 aliphatic rings. The Morgan fingerprint density at radius 3 is 2.89 bits per heavy atom. The molecular weight excluding hydrogens is 336 g/mol. The maximum atomic E-state index is 13.9. The van der Waals surface area contributed by atoms with E-state index in [-0.39, 0.29) is 23.0 Å². The fourth-order valence-corrected chi connectivity index (χ4v) is 5.83. The van der Waals surface area contributed by atoms with Gasteiger partial charge in [0.15, 0.2) is 0 Å². The van der Waals surface area contributed by atoms with Crippen molar-refractivity contribution >= 4 is 5.91 Å². The van der Waals surface area contributed by atoms with Gasteiger partial charge in [-0.15, -0.1) is 0 Å². The fourth-order valence-electron chi connectivity index (χ4n) is 5.83. The molecule has 2 aliphatic heterocycles. The molecule has 1 amide bonds. The molecule has 2 heterocycles. The zero-order valence-electron chi connectivity index (χ0n) is 17.1. The first-order valence-electron chi connectivity index (χ1n) is 10.6. The van der Waals surface area contributed by atoms with Gasteiger partial charge in [-0.25, -0.2) is 0 Å². The molecule has 148 valence electrons. The van der Waals surface area contributed by atoms with Gasteiger partial charge < -0.3 is 15.0 Å². The lowest BCUT2D eigenvalue weighted by Crippen LogP contribution is -2.58. The van der Waals surface area contributed by atoms with Crippen LogP contribution in [0.1, 0.15) is 57.1 Å². The van der Waals surface area contributed by atoms with Crippen LogP contribution in [0.2, 0.25) is 0 Å². The van der Waals surface area contributed by atoms with E-state index in [0.29, 0.717) is 5.91 Å². The Hall–Kier alpha value is -1.39. The molecule has 1 spiro atoms. The van der Waals surface area contributed by atoms with Crippen LogP contribution in [0, 0.1) is 5.92 Å². The van der Waals surface area contributed by atoms with Gasteiger partial charge in [-0.1, -0.05) is 24.3 Å². The Labute approximate surface area is 163 Å². The molecule has 1 aromatic rings. The molecule has 4 rings (SSSR count). The van der Waals surface area contributed by atoms with Crippen molar-refractivity contribution < 1.29 is 9.53 Å². The van der Waals surface area contributed by atoms with Crippen molar-refractivity contribution in [2.24, 2.45) is 5.92 Å². The van der Waals surface area contributed by atoms with Crippen molar-refractivity contribution in [1.29, 1.82) is 0 Å². The average Bonchev–Trinajstić information content (AvgIpc) is 3.12. The minimum atomic E-state index is -0.306. The molecule has 0 saturated carbocycles. The molecule has 0 radical (unpaired) electrons. The van der Waals surface area contributed by atoms with E-state index in [1.165, 1.54) is 24.0 Å². The number of benzene rings is 1. The summed E-state index contributed by atoms with van der Waals surface area (Å²) in [5.74, 6) is 0.374. The van der Waals surface area contributed by atoms with Crippen LogP contribution < -0.4 is 5.32 Å². The number of likely N-dealkylation sites (tertiary alicyclic amines) is 1. The Kier molecular flexibility index (Phi) is 5.06. The van der Waals surface area contributed by atoms with Crippen LogP contribution in [0.15, 0.2) is 24.3 Å². The molecule has 3 unspecified atom stereocenters. The van der Waals surface area contributed by atoms with Gasteiger partial charge in [-0.05, 0) is 63.5 Å². The second-order valence-corrected chi connectivity index (χ2v) is 9.20. The highest BCUT2D eigenvalue weighted by molar-refractivity contribution is 5.82. The summed E-state index contributed by atoms with van der Waals surface area (Å²) in [7, 11) is 1.77. The molecular formula is C23H34N2O2. The number of piperidine rings is 1. The maximum absolute atomic E-state index is 13.9. The number of aryl methyl sites for hydroxylation is 1. The zero-order valence-corrected chi connectivity index (χ0v) is 17.1. The summed E-state index contributed by atoms with van der Waals surface area (Å²) in [4.78, 5) is 16.1. The van der Waals surface area contributed by atoms with E-state index in [1.807, 2.05) is 0 Å². The van der Waals surface area contributed by atoms with Crippen molar-refractivity contribution in [3.63, 3.8) is 0 Å². The van der Waals surface area contributed by atoms with Crippen LogP contribution in [0.4, 0.5) is 0 Å². The van der Waals surface area contributed by atoms with Crippen molar-refractivity contribution in [2.45, 2.75) is 69.4 Å². The highest BCUT2D eigenvalue weighted by atomic mass is 16.5. The molecule has 4 heteroatoms. The third kappa shape index (κ3) is 3.11. The van der Waals surface area contributed by atoms with Gasteiger partial charge in [0.2, 0.25) is 5.91 Å². The Bertz CT molecular complexity index is 701. The van der Waals surface area contributed by atoms with E-state index in [0.717, 1.165) is 45.3 Å². The number of fused-ring (bicyclic) bond motifs is 2. The Balaban J connectivity index is 1.67. The van der Waals surface area contributed by atoms with Crippen LogP contribution in [-0.2, 0) is 21.4 Å². The lowest BCUT2D eigenvalue weighted by molar-refractivity contribution is -0.149.